The summed E-state index contributed by atoms with van der Waals surface area (Å²) in [6.07, 6.45) is 0. The van der Waals surface area contributed by atoms with Gasteiger partial charge in [-0.1, -0.05) is 28.4 Å². The Morgan fingerprint density at radius 3 is 2.55 bits per heavy atom. The summed E-state index contributed by atoms with van der Waals surface area (Å²) < 4.78 is 10.7. The Morgan fingerprint density at radius 2 is 1.82 bits per heavy atom. The Balaban J connectivity index is 1.70. The number of hydrogen-bond acceptors (Lipinski definition) is 5. The predicted molar refractivity (Wildman–Crippen MR) is 84.9 cm³/mol. The average Bonchev–Trinajstić information content (AvgIpc) is 2.98. The lowest BCUT2D eigenvalue weighted by Crippen LogP contribution is -1.96. The first-order valence-corrected chi connectivity index (χ1v) is 7.14. The first-order chi connectivity index (χ1) is 10.6. The normalized spacial score (nSPS) is 10.6. The molecule has 0 unspecified atom stereocenters. The van der Waals surface area contributed by atoms with E-state index in [1.54, 1.807) is 42.5 Å². The summed E-state index contributed by atoms with van der Waals surface area (Å²) in [6, 6.07) is 12.2. The van der Waals surface area contributed by atoms with Gasteiger partial charge in [0.05, 0.1) is 10.0 Å². The maximum atomic E-state index is 5.97. The van der Waals surface area contributed by atoms with E-state index in [9.17, 15) is 0 Å². The number of nitrogens with zero attached hydrogens (tertiary/aromatic N) is 2. The van der Waals surface area contributed by atoms with E-state index in [1.165, 1.54) is 0 Å². The van der Waals surface area contributed by atoms with E-state index in [4.69, 9.17) is 38.2 Å². The second-order valence-electron chi connectivity index (χ2n) is 4.50. The molecule has 3 rings (SSSR count). The largest absolute Gasteiger partial charge is 0.484 e. The van der Waals surface area contributed by atoms with Gasteiger partial charge in [-0.25, -0.2) is 0 Å². The lowest BCUT2D eigenvalue weighted by atomic mass is 10.2. The number of nitrogen functional groups attached to an aromatic ring is 1. The Hall–Kier alpha value is -2.24. The van der Waals surface area contributed by atoms with Crippen molar-refractivity contribution in [3.63, 3.8) is 0 Å². The van der Waals surface area contributed by atoms with E-state index in [1.807, 2.05) is 0 Å². The highest BCUT2D eigenvalue weighted by Crippen LogP contribution is 2.27. The molecule has 0 atom stereocenters. The zero-order valence-electron chi connectivity index (χ0n) is 11.3. The fraction of sp³-hybridized carbons (Fsp3) is 0.0667. The summed E-state index contributed by atoms with van der Waals surface area (Å²) in [5.41, 5.74) is 7.00. The molecule has 1 heterocycles. The van der Waals surface area contributed by atoms with Crippen molar-refractivity contribution in [1.29, 1.82) is 0 Å². The van der Waals surface area contributed by atoms with Crippen LogP contribution < -0.4 is 10.5 Å². The molecular weight excluding hydrogens is 325 g/mol. The van der Waals surface area contributed by atoms with Gasteiger partial charge in [0.2, 0.25) is 5.82 Å². The fourth-order valence-corrected chi connectivity index (χ4v) is 2.07. The van der Waals surface area contributed by atoms with Gasteiger partial charge in [0, 0.05) is 11.3 Å². The zero-order valence-corrected chi connectivity index (χ0v) is 12.8. The first-order valence-electron chi connectivity index (χ1n) is 6.38. The van der Waals surface area contributed by atoms with Crippen LogP contribution in [0.1, 0.15) is 5.89 Å². The van der Waals surface area contributed by atoms with Crippen molar-refractivity contribution < 1.29 is 9.26 Å². The van der Waals surface area contributed by atoms with Gasteiger partial charge in [-0.05, 0) is 42.5 Å². The number of hydrogen-bond donors (Lipinski definition) is 1. The third-order valence-corrected chi connectivity index (χ3v) is 3.63. The SMILES string of the molecule is Nc1ccc(OCc2nc(-c3ccc(Cl)c(Cl)c3)no2)cc1. The van der Waals surface area contributed by atoms with Gasteiger partial charge in [0.25, 0.3) is 5.89 Å². The molecule has 0 spiro atoms. The number of rotatable bonds is 4. The standard InChI is InChI=1S/C15H11Cl2N3O2/c16-12-6-1-9(7-13(12)17)15-19-14(22-20-15)8-21-11-4-2-10(18)3-5-11/h1-7H,8,18H2. The minimum Gasteiger partial charge on any atom is -0.484 e. The van der Waals surface area contributed by atoms with Gasteiger partial charge in [-0.2, -0.15) is 4.98 Å². The number of aromatic nitrogens is 2. The number of nitrogens with two attached hydrogens (primary N) is 1. The zero-order chi connectivity index (χ0) is 15.5. The van der Waals surface area contributed by atoms with Gasteiger partial charge < -0.3 is 15.0 Å². The van der Waals surface area contributed by atoms with Crippen LogP contribution in [0.3, 0.4) is 0 Å². The average molecular weight is 336 g/mol. The lowest BCUT2D eigenvalue weighted by Gasteiger charge is -2.02. The molecule has 7 heteroatoms. The van der Waals surface area contributed by atoms with Crippen LogP contribution >= 0.6 is 23.2 Å². The van der Waals surface area contributed by atoms with Crippen molar-refractivity contribution in [1.82, 2.24) is 10.1 Å². The molecule has 2 N–H and O–H groups in total. The molecule has 0 radical (unpaired) electrons. The van der Waals surface area contributed by atoms with Gasteiger partial charge in [-0.3, -0.25) is 0 Å². The minimum atomic E-state index is 0.165. The van der Waals surface area contributed by atoms with E-state index in [-0.39, 0.29) is 6.61 Å². The molecule has 112 valence electrons. The molecule has 3 aromatic rings. The van der Waals surface area contributed by atoms with Crippen molar-refractivity contribution in [2.24, 2.45) is 0 Å². The van der Waals surface area contributed by atoms with Crippen molar-refractivity contribution in [3.8, 4) is 17.1 Å². The summed E-state index contributed by atoms with van der Waals surface area (Å²) in [6.45, 7) is 0.165. The van der Waals surface area contributed by atoms with Crippen LogP contribution in [-0.4, -0.2) is 10.1 Å². The van der Waals surface area contributed by atoms with E-state index >= 15 is 0 Å². The highest BCUT2D eigenvalue weighted by atomic mass is 35.5. The Morgan fingerprint density at radius 1 is 1.05 bits per heavy atom. The molecule has 0 bridgehead atoms. The Bertz CT molecular complexity index is 788. The van der Waals surface area contributed by atoms with Gasteiger partial charge >= 0.3 is 0 Å². The molecular formula is C15H11Cl2N3O2. The molecule has 0 fully saturated rings. The summed E-state index contributed by atoms with van der Waals surface area (Å²) in [7, 11) is 0. The van der Waals surface area contributed by atoms with Crippen LogP contribution in [0.25, 0.3) is 11.4 Å². The molecule has 0 saturated carbocycles. The maximum absolute atomic E-state index is 5.97. The second-order valence-corrected chi connectivity index (χ2v) is 5.31. The van der Waals surface area contributed by atoms with E-state index in [2.05, 4.69) is 10.1 Å². The maximum Gasteiger partial charge on any atom is 0.264 e. The van der Waals surface area contributed by atoms with Crippen LogP contribution in [0.5, 0.6) is 5.75 Å². The molecule has 0 saturated heterocycles. The highest BCUT2D eigenvalue weighted by molar-refractivity contribution is 6.42. The monoisotopic (exact) mass is 335 g/mol. The first kappa shape index (κ1) is 14.7. The third kappa shape index (κ3) is 3.32. The van der Waals surface area contributed by atoms with Gasteiger partial charge in [0.1, 0.15) is 5.75 Å². The fourth-order valence-electron chi connectivity index (χ4n) is 1.78. The van der Waals surface area contributed by atoms with E-state index in [0.29, 0.717) is 33.2 Å². The second kappa shape index (κ2) is 6.25. The van der Waals surface area contributed by atoms with E-state index in [0.717, 1.165) is 5.56 Å². The summed E-state index contributed by atoms with van der Waals surface area (Å²) in [5, 5.41) is 4.80. The molecule has 22 heavy (non-hydrogen) atoms. The van der Waals surface area contributed by atoms with Crippen molar-refractivity contribution >= 4 is 28.9 Å². The van der Waals surface area contributed by atoms with Crippen LogP contribution in [0, 0.1) is 0 Å². The van der Waals surface area contributed by atoms with Crippen LogP contribution in [0.15, 0.2) is 47.0 Å². The molecule has 0 aliphatic carbocycles. The minimum absolute atomic E-state index is 0.165. The summed E-state index contributed by atoms with van der Waals surface area (Å²) >= 11 is 11.8. The third-order valence-electron chi connectivity index (χ3n) is 2.89. The molecule has 0 amide bonds. The van der Waals surface area contributed by atoms with Crippen LogP contribution in [-0.2, 0) is 6.61 Å². The highest BCUT2D eigenvalue weighted by Gasteiger charge is 2.10. The Kier molecular flexibility index (Phi) is 4.18. The molecule has 2 aromatic carbocycles. The number of ether oxygens (including phenoxy) is 1. The number of halogens is 2. The number of benzene rings is 2. The van der Waals surface area contributed by atoms with Crippen LogP contribution in [0.4, 0.5) is 5.69 Å². The quantitative estimate of drug-likeness (QED) is 0.723. The van der Waals surface area contributed by atoms with Crippen LogP contribution in [0.2, 0.25) is 10.0 Å². The van der Waals surface area contributed by atoms with Gasteiger partial charge in [-0.15, -0.1) is 0 Å². The molecule has 5 nitrogen and oxygen atoms in total. The van der Waals surface area contributed by atoms with Gasteiger partial charge in [0.15, 0.2) is 6.61 Å². The lowest BCUT2D eigenvalue weighted by molar-refractivity contribution is 0.243. The smallest absolute Gasteiger partial charge is 0.264 e. The van der Waals surface area contributed by atoms with Crippen molar-refractivity contribution in [2.75, 3.05) is 5.73 Å². The van der Waals surface area contributed by atoms with Crippen molar-refractivity contribution in [2.45, 2.75) is 6.61 Å². The molecule has 0 aliphatic heterocycles. The molecule has 1 aromatic heterocycles. The summed E-state index contributed by atoms with van der Waals surface area (Å²) in [4.78, 5) is 4.25. The predicted octanol–water partition coefficient (Wildman–Crippen LogP) is 4.20. The molecule has 0 aliphatic rings. The number of anilines is 1. The Labute approximate surface area is 136 Å². The summed E-state index contributed by atoms with van der Waals surface area (Å²) in [5.74, 6) is 1.45. The topological polar surface area (TPSA) is 74.2 Å². The van der Waals surface area contributed by atoms with E-state index < -0.39 is 0 Å². The van der Waals surface area contributed by atoms with Crippen molar-refractivity contribution in [3.05, 3.63) is 58.4 Å².